The maximum absolute atomic E-state index is 13.3. The molecule has 142 valence electrons. The fraction of sp³-hybridized carbons (Fsp3) is 0.350. The van der Waals surface area contributed by atoms with Crippen LogP contribution < -0.4 is 10.1 Å². The Morgan fingerprint density at radius 2 is 1.89 bits per heavy atom. The Morgan fingerprint density at radius 1 is 1.11 bits per heavy atom. The van der Waals surface area contributed by atoms with Crippen LogP contribution in [-0.2, 0) is 17.9 Å². The smallest absolute Gasteiger partial charge is 0.317 e. The summed E-state index contributed by atoms with van der Waals surface area (Å²) >= 11 is 0. The van der Waals surface area contributed by atoms with Crippen molar-refractivity contribution in [2.75, 3.05) is 13.1 Å². The fourth-order valence-electron chi connectivity index (χ4n) is 3.43. The Morgan fingerprint density at radius 3 is 2.67 bits per heavy atom. The second kappa shape index (κ2) is 7.15. The van der Waals surface area contributed by atoms with E-state index in [-0.39, 0.29) is 24.2 Å². The number of rotatable bonds is 2. The Bertz CT molecular complexity index is 851. The minimum Gasteiger partial charge on any atom is -0.462 e. The number of nitrogens with zero attached hydrogens (tertiary/aromatic N) is 1. The quantitative estimate of drug-likeness (QED) is 0.874. The van der Waals surface area contributed by atoms with Crippen molar-refractivity contribution in [1.29, 1.82) is 0 Å². The molecule has 0 aliphatic carbocycles. The van der Waals surface area contributed by atoms with Crippen LogP contribution in [0.4, 0.5) is 13.6 Å². The van der Waals surface area contributed by atoms with Gasteiger partial charge in [-0.05, 0) is 35.9 Å². The molecule has 1 N–H and O–H groups in total. The molecular formula is C20H20F2N2O3. The van der Waals surface area contributed by atoms with Crippen molar-refractivity contribution in [3.05, 3.63) is 65.2 Å². The minimum atomic E-state index is -0.774. The first-order chi connectivity index (χ1) is 13.0. The van der Waals surface area contributed by atoms with Gasteiger partial charge in [-0.15, -0.1) is 0 Å². The van der Waals surface area contributed by atoms with Gasteiger partial charge in [-0.3, -0.25) is 0 Å². The number of hydrogen-bond donors (Lipinski definition) is 1. The van der Waals surface area contributed by atoms with Crippen molar-refractivity contribution in [1.82, 2.24) is 10.2 Å². The van der Waals surface area contributed by atoms with Gasteiger partial charge in [0.05, 0.1) is 6.61 Å². The van der Waals surface area contributed by atoms with Crippen LogP contribution in [0.15, 0.2) is 42.5 Å². The molecule has 2 aromatic rings. The molecule has 2 heterocycles. The third kappa shape index (κ3) is 3.88. The van der Waals surface area contributed by atoms with Gasteiger partial charge in [0.25, 0.3) is 0 Å². The standard InChI is InChI=1S/C20H20F2N2O3/c21-16-3-1-2-14(10-16)12-23-19(25)24-8-6-20(7-9-24)26-13-15-11-17(22)4-5-18(15)27-20/h1-5,10-11H,6-9,12-13H2,(H,23,25). The molecule has 0 aromatic heterocycles. The van der Waals surface area contributed by atoms with E-state index in [1.165, 1.54) is 24.3 Å². The third-order valence-electron chi connectivity index (χ3n) is 4.95. The third-order valence-corrected chi connectivity index (χ3v) is 4.95. The molecule has 2 aliphatic rings. The fourth-order valence-corrected chi connectivity index (χ4v) is 3.43. The minimum absolute atomic E-state index is 0.201. The summed E-state index contributed by atoms with van der Waals surface area (Å²) in [6.07, 6.45) is 1.05. The molecule has 1 fully saturated rings. The van der Waals surface area contributed by atoms with Gasteiger partial charge in [0.15, 0.2) is 0 Å². The maximum Gasteiger partial charge on any atom is 0.317 e. The zero-order valence-electron chi connectivity index (χ0n) is 14.7. The van der Waals surface area contributed by atoms with E-state index in [2.05, 4.69) is 5.32 Å². The van der Waals surface area contributed by atoms with Crippen LogP contribution in [0.2, 0.25) is 0 Å². The first-order valence-corrected chi connectivity index (χ1v) is 8.92. The number of hydrogen-bond acceptors (Lipinski definition) is 3. The summed E-state index contributed by atoms with van der Waals surface area (Å²) in [6.45, 7) is 1.51. The monoisotopic (exact) mass is 374 g/mol. The predicted octanol–water partition coefficient (Wildman–Crippen LogP) is 3.58. The lowest BCUT2D eigenvalue weighted by Crippen LogP contribution is -2.54. The summed E-state index contributed by atoms with van der Waals surface area (Å²) in [7, 11) is 0. The van der Waals surface area contributed by atoms with Gasteiger partial charge in [0.2, 0.25) is 5.79 Å². The normalized spacial score (nSPS) is 17.9. The van der Waals surface area contributed by atoms with E-state index in [4.69, 9.17) is 9.47 Å². The SMILES string of the molecule is O=C(NCc1cccc(F)c1)N1CCC2(CC1)OCc1cc(F)ccc1O2. The molecule has 2 amide bonds. The summed E-state index contributed by atoms with van der Waals surface area (Å²) < 4.78 is 38.4. The second-order valence-electron chi connectivity index (χ2n) is 6.83. The number of nitrogens with one attached hydrogen (secondary N) is 1. The molecule has 0 bridgehead atoms. The average molecular weight is 374 g/mol. The van der Waals surface area contributed by atoms with Crippen molar-refractivity contribution >= 4 is 6.03 Å². The van der Waals surface area contributed by atoms with Gasteiger partial charge in [-0.2, -0.15) is 0 Å². The van der Waals surface area contributed by atoms with Crippen LogP contribution in [0.1, 0.15) is 24.0 Å². The van der Waals surface area contributed by atoms with Gasteiger partial charge in [-0.1, -0.05) is 12.1 Å². The molecule has 27 heavy (non-hydrogen) atoms. The van der Waals surface area contributed by atoms with Crippen LogP contribution in [0.5, 0.6) is 5.75 Å². The number of benzene rings is 2. The Kier molecular flexibility index (Phi) is 4.70. The van der Waals surface area contributed by atoms with Gasteiger partial charge >= 0.3 is 6.03 Å². The molecule has 2 aliphatic heterocycles. The lowest BCUT2D eigenvalue weighted by molar-refractivity contribution is -0.225. The number of carbonyl (C=O) groups is 1. The largest absolute Gasteiger partial charge is 0.462 e. The highest BCUT2D eigenvalue weighted by Gasteiger charge is 2.41. The van der Waals surface area contributed by atoms with Crippen molar-refractivity contribution < 1.29 is 23.0 Å². The Hall–Kier alpha value is -2.67. The first-order valence-electron chi connectivity index (χ1n) is 8.92. The van der Waals surface area contributed by atoms with Gasteiger partial charge in [-0.25, -0.2) is 13.6 Å². The van der Waals surface area contributed by atoms with E-state index >= 15 is 0 Å². The molecule has 1 saturated heterocycles. The average Bonchev–Trinajstić information content (AvgIpc) is 2.67. The van der Waals surface area contributed by atoms with E-state index in [1.807, 2.05) is 0 Å². The molecular weight excluding hydrogens is 354 g/mol. The van der Waals surface area contributed by atoms with Crippen molar-refractivity contribution in [2.45, 2.75) is 31.8 Å². The zero-order chi connectivity index (χ0) is 18.9. The molecule has 0 unspecified atom stereocenters. The second-order valence-corrected chi connectivity index (χ2v) is 6.83. The van der Waals surface area contributed by atoms with Crippen LogP contribution in [0.3, 0.4) is 0 Å². The van der Waals surface area contributed by atoms with Gasteiger partial charge in [0.1, 0.15) is 17.4 Å². The summed E-state index contributed by atoms with van der Waals surface area (Å²) in [5.41, 5.74) is 1.40. The van der Waals surface area contributed by atoms with Crippen LogP contribution in [0, 0.1) is 11.6 Å². The van der Waals surface area contributed by atoms with E-state index in [9.17, 15) is 13.6 Å². The molecule has 1 spiro atoms. The number of likely N-dealkylation sites (tertiary alicyclic amines) is 1. The van der Waals surface area contributed by atoms with Crippen LogP contribution in [-0.4, -0.2) is 29.8 Å². The number of amides is 2. The van der Waals surface area contributed by atoms with E-state index in [0.717, 1.165) is 0 Å². The molecule has 0 radical (unpaired) electrons. The predicted molar refractivity (Wildman–Crippen MR) is 94.0 cm³/mol. The zero-order valence-corrected chi connectivity index (χ0v) is 14.7. The first kappa shape index (κ1) is 17.7. The lowest BCUT2D eigenvalue weighted by Gasteiger charge is -2.43. The van der Waals surface area contributed by atoms with E-state index < -0.39 is 5.79 Å². The van der Waals surface area contributed by atoms with Gasteiger partial charge < -0.3 is 19.7 Å². The molecule has 5 nitrogen and oxygen atoms in total. The van der Waals surface area contributed by atoms with Crippen molar-refractivity contribution in [3.63, 3.8) is 0 Å². The van der Waals surface area contributed by atoms with Crippen LogP contribution >= 0.6 is 0 Å². The summed E-state index contributed by atoms with van der Waals surface area (Å²) in [5, 5.41) is 2.81. The summed E-state index contributed by atoms with van der Waals surface area (Å²) in [5.74, 6) is -0.786. The van der Waals surface area contributed by atoms with Crippen molar-refractivity contribution in [3.8, 4) is 5.75 Å². The summed E-state index contributed by atoms with van der Waals surface area (Å²) in [4.78, 5) is 14.1. The Balaban J connectivity index is 1.32. The number of fused-ring (bicyclic) bond motifs is 1. The molecule has 2 aromatic carbocycles. The van der Waals surface area contributed by atoms with E-state index in [1.54, 1.807) is 23.1 Å². The van der Waals surface area contributed by atoms with E-state index in [0.29, 0.717) is 49.4 Å². The lowest BCUT2D eigenvalue weighted by atomic mass is 10.0. The Labute approximate surface area is 155 Å². The maximum atomic E-state index is 13.3. The highest BCUT2D eigenvalue weighted by atomic mass is 19.1. The number of halogens is 2. The highest BCUT2D eigenvalue weighted by molar-refractivity contribution is 5.74. The molecule has 4 rings (SSSR count). The summed E-state index contributed by atoms with van der Waals surface area (Å²) in [6, 6.07) is 10.3. The van der Waals surface area contributed by atoms with Crippen molar-refractivity contribution in [2.24, 2.45) is 0 Å². The number of piperidine rings is 1. The molecule has 7 heteroatoms. The highest BCUT2D eigenvalue weighted by Crippen LogP contribution is 2.37. The number of carbonyl (C=O) groups excluding carboxylic acids is 1. The topological polar surface area (TPSA) is 50.8 Å². The molecule has 0 saturated carbocycles. The van der Waals surface area contributed by atoms with Gasteiger partial charge in [0, 0.05) is 38.0 Å². The number of ether oxygens (including phenoxy) is 2. The van der Waals surface area contributed by atoms with Crippen LogP contribution in [0.25, 0.3) is 0 Å². The molecule has 0 atom stereocenters. The number of urea groups is 1.